The standard InChI is InChI=1S/C16H21ClN2O2/c17-13-6-2-1-4-11(13)15-10-19(8-9-21-15)16(20)12-5-3-7-14(12)18/h1-2,4,6,12,14-15H,3,5,7-10,18H2. The minimum absolute atomic E-state index is 0.0131. The molecular formula is C16H21ClN2O2. The lowest BCUT2D eigenvalue weighted by Gasteiger charge is -2.35. The third-order valence-electron chi connectivity index (χ3n) is 4.52. The highest BCUT2D eigenvalue weighted by Gasteiger charge is 2.35. The molecule has 0 spiro atoms. The largest absolute Gasteiger partial charge is 0.370 e. The SMILES string of the molecule is NC1CCCC1C(=O)N1CCOC(c2ccccc2Cl)C1. The van der Waals surface area contributed by atoms with Crippen LogP contribution in [0.1, 0.15) is 30.9 Å². The Bertz CT molecular complexity index is 523. The van der Waals surface area contributed by atoms with Crippen molar-refractivity contribution in [3.8, 4) is 0 Å². The molecule has 1 aromatic carbocycles. The van der Waals surface area contributed by atoms with Gasteiger partial charge in [0, 0.05) is 23.2 Å². The Labute approximate surface area is 130 Å². The second-order valence-corrected chi connectivity index (χ2v) is 6.27. The van der Waals surface area contributed by atoms with Gasteiger partial charge in [0.2, 0.25) is 5.91 Å². The van der Waals surface area contributed by atoms with Crippen LogP contribution < -0.4 is 5.73 Å². The fourth-order valence-corrected chi connectivity index (χ4v) is 3.56. The van der Waals surface area contributed by atoms with Crippen molar-refractivity contribution in [1.29, 1.82) is 0 Å². The number of hydrogen-bond donors (Lipinski definition) is 1. The summed E-state index contributed by atoms with van der Waals surface area (Å²) in [5, 5.41) is 0.689. The van der Waals surface area contributed by atoms with Gasteiger partial charge < -0.3 is 15.4 Å². The molecule has 0 radical (unpaired) electrons. The summed E-state index contributed by atoms with van der Waals surface area (Å²) in [6.07, 6.45) is 2.77. The second-order valence-electron chi connectivity index (χ2n) is 5.87. The first-order chi connectivity index (χ1) is 10.2. The fraction of sp³-hybridized carbons (Fsp3) is 0.562. The molecule has 1 heterocycles. The lowest BCUT2D eigenvalue weighted by molar-refractivity contribution is -0.143. The van der Waals surface area contributed by atoms with E-state index in [-0.39, 0.29) is 24.0 Å². The lowest BCUT2D eigenvalue weighted by Crippen LogP contribution is -2.47. The molecule has 3 rings (SSSR count). The van der Waals surface area contributed by atoms with E-state index in [4.69, 9.17) is 22.1 Å². The van der Waals surface area contributed by atoms with Crippen molar-refractivity contribution in [1.82, 2.24) is 4.90 Å². The molecule has 1 amide bonds. The molecule has 2 N–H and O–H groups in total. The molecule has 2 fully saturated rings. The third-order valence-corrected chi connectivity index (χ3v) is 4.86. The lowest BCUT2D eigenvalue weighted by atomic mass is 10.0. The predicted octanol–water partition coefficient (Wildman–Crippen LogP) is 2.37. The van der Waals surface area contributed by atoms with Crippen LogP contribution >= 0.6 is 11.6 Å². The van der Waals surface area contributed by atoms with Crippen molar-refractivity contribution in [2.24, 2.45) is 11.7 Å². The summed E-state index contributed by atoms with van der Waals surface area (Å²) in [6, 6.07) is 7.67. The number of ether oxygens (including phenoxy) is 1. The molecule has 21 heavy (non-hydrogen) atoms. The van der Waals surface area contributed by atoms with Crippen LogP contribution in [0.5, 0.6) is 0 Å². The van der Waals surface area contributed by atoms with E-state index >= 15 is 0 Å². The second kappa shape index (κ2) is 6.34. The molecule has 3 unspecified atom stereocenters. The van der Waals surface area contributed by atoms with Gasteiger partial charge in [-0.1, -0.05) is 36.2 Å². The molecule has 1 aliphatic heterocycles. The Hall–Kier alpha value is -1.10. The maximum absolute atomic E-state index is 12.6. The number of hydrogen-bond acceptors (Lipinski definition) is 3. The van der Waals surface area contributed by atoms with Gasteiger partial charge in [0.05, 0.1) is 19.1 Å². The predicted molar refractivity (Wildman–Crippen MR) is 82.0 cm³/mol. The Morgan fingerprint density at radius 2 is 2.14 bits per heavy atom. The average molecular weight is 309 g/mol. The molecule has 0 bridgehead atoms. The molecular weight excluding hydrogens is 288 g/mol. The Balaban J connectivity index is 1.71. The number of nitrogens with zero attached hydrogens (tertiary/aromatic N) is 1. The van der Waals surface area contributed by atoms with Gasteiger partial charge in [0.25, 0.3) is 0 Å². The molecule has 114 valence electrons. The van der Waals surface area contributed by atoms with Gasteiger partial charge in [0.1, 0.15) is 6.10 Å². The zero-order valence-electron chi connectivity index (χ0n) is 12.0. The van der Waals surface area contributed by atoms with Gasteiger partial charge >= 0.3 is 0 Å². The van der Waals surface area contributed by atoms with E-state index in [0.29, 0.717) is 24.7 Å². The summed E-state index contributed by atoms with van der Waals surface area (Å²) < 4.78 is 5.81. The zero-order chi connectivity index (χ0) is 14.8. The first-order valence-electron chi connectivity index (χ1n) is 7.57. The van der Waals surface area contributed by atoms with Crippen molar-refractivity contribution in [2.45, 2.75) is 31.4 Å². The smallest absolute Gasteiger partial charge is 0.227 e. The highest BCUT2D eigenvalue weighted by atomic mass is 35.5. The van der Waals surface area contributed by atoms with E-state index in [9.17, 15) is 4.79 Å². The van der Waals surface area contributed by atoms with Gasteiger partial charge in [-0.3, -0.25) is 4.79 Å². The molecule has 1 saturated carbocycles. The highest BCUT2D eigenvalue weighted by Crippen LogP contribution is 2.31. The number of carbonyl (C=O) groups is 1. The Morgan fingerprint density at radius 3 is 2.86 bits per heavy atom. The Morgan fingerprint density at radius 1 is 1.33 bits per heavy atom. The van der Waals surface area contributed by atoms with Crippen LogP contribution in [0.15, 0.2) is 24.3 Å². The van der Waals surface area contributed by atoms with Crippen LogP contribution in [-0.4, -0.2) is 36.5 Å². The van der Waals surface area contributed by atoms with Crippen molar-refractivity contribution in [3.63, 3.8) is 0 Å². The van der Waals surface area contributed by atoms with E-state index in [1.54, 1.807) is 0 Å². The normalized spacial score (nSPS) is 29.6. The van der Waals surface area contributed by atoms with Gasteiger partial charge in [-0.25, -0.2) is 0 Å². The molecule has 0 aromatic heterocycles. The summed E-state index contributed by atoms with van der Waals surface area (Å²) in [4.78, 5) is 14.5. The van der Waals surface area contributed by atoms with Gasteiger partial charge in [-0.05, 0) is 18.9 Å². The van der Waals surface area contributed by atoms with Crippen molar-refractivity contribution >= 4 is 17.5 Å². The molecule has 1 aromatic rings. The molecule has 5 heteroatoms. The van der Waals surface area contributed by atoms with Crippen LogP contribution in [0.25, 0.3) is 0 Å². The quantitative estimate of drug-likeness (QED) is 0.912. The van der Waals surface area contributed by atoms with E-state index in [0.717, 1.165) is 24.8 Å². The van der Waals surface area contributed by atoms with Crippen LogP contribution in [-0.2, 0) is 9.53 Å². The molecule has 4 nitrogen and oxygen atoms in total. The first kappa shape index (κ1) is 14.8. The summed E-state index contributed by atoms with van der Waals surface area (Å²) in [6.45, 7) is 1.75. The van der Waals surface area contributed by atoms with Crippen LogP contribution in [0, 0.1) is 5.92 Å². The number of amides is 1. The zero-order valence-corrected chi connectivity index (χ0v) is 12.8. The van der Waals surface area contributed by atoms with E-state index < -0.39 is 0 Å². The summed E-state index contributed by atoms with van der Waals surface area (Å²) >= 11 is 6.23. The molecule has 3 atom stereocenters. The minimum Gasteiger partial charge on any atom is -0.370 e. The van der Waals surface area contributed by atoms with Crippen molar-refractivity contribution in [2.75, 3.05) is 19.7 Å². The van der Waals surface area contributed by atoms with Crippen molar-refractivity contribution < 1.29 is 9.53 Å². The highest BCUT2D eigenvalue weighted by molar-refractivity contribution is 6.31. The number of rotatable bonds is 2. The van der Waals surface area contributed by atoms with Crippen LogP contribution in [0.4, 0.5) is 0 Å². The molecule has 2 aliphatic rings. The number of nitrogens with two attached hydrogens (primary N) is 1. The minimum atomic E-state index is -0.144. The first-order valence-corrected chi connectivity index (χ1v) is 7.95. The molecule has 1 aliphatic carbocycles. The number of halogens is 1. The van der Waals surface area contributed by atoms with Crippen LogP contribution in [0.2, 0.25) is 5.02 Å². The van der Waals surface area contributed by atoms with E-state index in [1.807, 2.05) is 29.2 Å². The van der Waals surface area contributed by atoms with E-state index in [1.165, 1.54) is 0 Å². The monoisotopic (exact) mass is 308 g/mol. The summed E-state index contributed by atoms with van der Waals surface area (Å²) in [7, 11) is 0. The molecule has 1 saturated heterocycles. The third kappa shape index (κ3) is 3.07. The maximum Gasteiger partial charge on any atom is 0.227 e. The van der Waals surface area contributed by atoms with Gasteiger partial charge in [0.15, 0.2) is 0 Å². The Kier molecular flexibility index (Phi) is 4.48. The summed E-state index contributed by atoms with van der Waals surface area (Å²) in [5.74, 6) is 0.162. The van der Waals surface area contributed by atoms with Gasteiger partial charge in [-0.15, -0.1) is 0 Å². The number of carbonyl (C=O) groups excluding carboxylic acids is 1. The number of morpholine rings is 1. The average Bonchev–Trinajstić information content (AvgIpc) is 2.93. The van der Waals surface area contributed by atoms with Gasteiger partial charge in [-0.2, -0.15) is 0 Å². The topological polar surface area (TPSA) is 55.6 Å². The van der Waals surface area contributed by atoms with Crippen LogP contribution in [0.3, 0.4) is 0 Å². The maximum atomic E-state index is 12.6. The van der Waals surface area contributed by atoms with Crippen molar-refractivity contribution in [3.05, 3.63) is 34.9 Å². The number of benzene rings is 1. The summed E-state index contributed by atoms with van der Waals surface area (Å²) in [5.41, 5.74) is 7.01. The van der Waals surface area contributed by atoms with E-state index in [2.05, 4.69) is 0 Å². The fourth-order valence-electron chi connectivity index (χ4n) is 3.30.